The lowest BCUT2D eigenvalue weighted by molar-refractivity contribution is 0.0930. The standard InChI is InChI=1S/C22H22FN5O/c1-15-5-6-17(14-24-15)22(29)25-19-9-11-28(12-10-19)21-8-7-20(26-27-21)16-3-2-4-18(23)13-16/h2-8,13-14,19H,9-12H2,1H3,(H,25,29). The van der Waals surface area contributed by atoms with E-state index in [0.29, 0.717) is 16.8 Å². The highest BCUT2D eigenvalue weighted by atomic mass is 19.1. The quantitative estimate of drug-likeness (QED) is 0.738. The molecule has 1 aliphatic heterocycles. The third-order valence-electron chi connectivity index (χ3n) is 5.10. The summed E-state index contributed by atoms with van der Waals surface area (Å²) in [6.45, 7) is 3.46. The summed E-state index contributed by atoms with van der Waals surface area (Å²) in [6, 6.07) is 13.8. The van der Waals surface area contributed by atoms with Crippen LogP contribution in [0.15, 0.2) is 54.7 Å². The Morgan fingerprint density at radius 2 is 1.93 bits per heavy atom. The third-order valence-corrected chi connectivity index (χ3v) is 5.10. The van der Waals surface area contributed by atoms with Gasteiger partial charge in [0, 0.05) is 36.6 Å². The molecule has 148 valence electrons. The molecule has 1 amide bonds. The molecule has 1 saturated heterocycles. The maximum absolute atomic E-state index is 13.4. The Balaban J connectivity index is 1.33. The molecular formula is C22H22FN5O. The van der Waals surface area contributed by atoms with Gasteiger partial charge in [0.2, 0.25) is 0 Å². The van der Waals surface area contributed by atoms with Gasteiger partial charge in [0.1, 0.15) is 5.82 Å². The summed E-state index contributed by atoms with van der Waals surface area (Å²) in [5, 5.41) is 11.6. The van der Waals surface area contributed by atoms with E-state index in [1.54, 1.807) is 18.3 Å². The number of aromatic nitrogens is 3. The van der Waals surface area contributed by atoms with Crippen molar-refractivity contribution in [1.29, 1.82) is 0 Å². The van der Waals surface area contributed by atoms with Crippen LogP contribution in [-0.4, -0.2) is 40.2 Å². The first-order valence-corrected chi connectivity index (χ1v) is 9.66. The number of carbonyl (C=O) groups is 1. The van der Waals surface area contributed by atoms with Gasteiger partial charge in [-0.2, -0.15) is 0 Å². The van der Waals surface area contributed by atoms with Gasteiger partial charge in [-0.1, -0.05) is 12.1 Å². The molecule has 7 heteroatoms. The van der Waals surface area contributed by atoms with Gasteiger partial charge in [0.15, 0.2) is 5.82 Å². The lowest BCUT2D eigenvalue weighted by Crippen LogP contribution is -2.45. The summed E-state index contributed by atoms with van der Waals surface area (Å²) in [5.74, 6) is 0.409. The minimum atomic E-state index is -0.293. The van der Waals surface area contributed by atoms with E-state index in [2.05, 4.69) is 25.4 Å². The highest BCUT2D eigenvalue weighted by molar-refractivity contribution is 5.94. The van der Waals surface area contributed by atoms with Gasteiger partial charge in [-0.25, -0.2) is 4.39 Å². The van der Waals surface area contributed by atoms with Gasteiger partial charge < -0.3 is 10.2 Å². The number of amides is 1. The number of carbonyl (C=O) groups excluding carboxylic acids is 1. The summed E-state index contributed by atoms with van der Waals surface area (Å²) in [6.07, 6.45) is 3.27. The molecule has 0 radical (unpaired) electrons. The van der Waals surface area contributed by atoms with Crippen molar-refractivity contribution in [3.8, 4) is 11.3 Å². The number of aryl methyl sites for hydroxylation is 1. The Hall–Kier alpha value is -3.35. The second-order valence-corrected chi connectivity index (χ2v) is 7.21. The average Bonchev–Trinajstić information content (AvgIpc) is 2.75. The Morgan fingerprint density at radius 3 is 2.59 bits per heavy atom. The fourth-order valence-electron chi connectivity index (χ4n) is 3.42. The lowest BCUT2D eigenvalue weighted by atomic mass is 10.0. The van der Waals surface area contributed by atoms with E-state index < -0.39 is 0 Å². The molecule has 0 bridgehead atoms. The predicted molar refractivity (Wildman–Crippen MR) is 109 cm³/mol. The van der Waals surface area contributed by atoms with Crippen LogP contribution >= 0.6 is 0 Å². The van der Waals surface area contributed by atoms with Crippen molar-refractivity contribution in [3.05, 3.63) is 71.8 Å². The maximum Gasteiger partial charge on any atom is 0.253 e. The summed E-state index contributed by atoms with van der Waals surface area (Å²) >= 11 is 0. The smallest absolute Gasteiger partial charge is 0.253 e. The number of hydrogen-bond acceptors (Lipinski definition) is 5. The molecule has 1 N–H and O–H groups in total. The van der Waals surface area contributed by atoms with Gasteiger partial charge in [0.05, 0.1) is 11.3 Å². The molecule has 1 fully saturated rings. The number of piperidine rings is 1. The maximum atomic E-state index is 13.4. The largest absolute Gasteiger partial charge is 0.355 e. The molecule has 0 aliphatic carbocycles. The first-order chi connectivity index (χ1) is 14.1. The Morgan fingerprint density at radius 1 is 1.10 bits per heavy atom. The van der Waals surface area contributed by atoms with Gasteiger partial charge in [-0.15, -0.1) is 10.2 Å². The summed E-state index contributed by atoms with van der Waals surface area (Å²) in [7, 11) is 0. The molecule has 3 heterocycles. The van der Waals surface area contributed by atoms with E-state index in [-0.39, 0.29) is 17.8 Å². The Labute approximate surface area is 168 Å². The Kier molecular flexibility index (Phi) is 5.46. The van der Waals surface area contributed by atoms with Crippen molar-refractivity contribution in [2.75, 3.05) is 18.0 Å². The van der Waals surface area contributed by atoms with Crippen LogP contribution < -0.4 is 10.2 Å². The minimum Gasteiger partial charge on any atom is -0.355 e. The van der Waals surface area contributed by atoms with Crippen LogP contribution in [0.3, 0.4) is 0 Å². The summed E-state index contributed by atoms with van der Waals surface area (Å²) in [5.41, 5.74) is 2.81. The minimum absolute atomic E-state index is 0.0878. The monoisotopic (exact) mass is 391 g/mol. The molecule has 1 aliphatic rings. The molecule has 0 unspecified atom stereocenters. The number of halogens is 1. The zero-order valence-corrected chi connectivity index (χ0v) is 16.2. The number of nitrogens with one attached hydrogen (secondary N) is 1. The fraction of sp³-hybridized carbons (Fsp3) is 0.273. The number of benzene rings is 1. The molecular weight excluding hydrogens is 369 g/mol. The molecule has 1 aromatic carbocycles. The van der Waals surface area contributed by atoms with Crippen LogP contribution in [0.5, 0.6) is 0 Å². The van der Waals surface area contributed by atoms with Crippen molar-refractivity contribution in [2.24, 2.45) is 0 Å². The lowest BCUT2D eigenvalue weighted by Gasteiger charge is -2.32. The topological polar surface area (TPSA) is 71.0 Å². The van der Waals surface area contributed by atoms with Crippen LogP contribution in [0.4, 0.5) is 10.2 Å². The van der Waals surface area contributed by atoms with Gasteiger partial charge in [-0.3, -0.25) is 9.78 Å². The average molecular weight is 391 g/mol. The molecule has 29 heavy (non-hydrogen) atoms. The van der Waals surface area contributed by atoms with Crippen LogP contribution in [0.2, 0.25) is 0 Å². The molecule has 4 rings (SSSR count). The molecule has 0 atom stereocenters. The van der Waals surface area contributed by atoms with E-state index in [4.69, 9.17) is 0 Å². The number of rotatable bonds is 4. The van der Waals surface area contributed by atoms with E-state index in [9.17, 15) is 9.18 Å². The number of nitrogens with zero attached hydrogens (tertiary/aromatic N) is 4. The fourth-order valence-corrected chi connectivity index (χ4v) is 3.42. The zero-order valence-electron chi connectivity index (χ0n) is 16.2. The molecule has 0 spiro atoms. The van der Waals surface area contributed by atoms with E-state index in [1.165, 1.54) is 12.1 Å². The Bertz CT molecular complexity index is 983. The van der Waals surface area contributed by atoms with Crippen LogP contribution in [0, 0.1) is 12.7 Å². The first-order valence-electron chi connectivity index (χ1n) is 9.66. The van der Waals surface area contributed by atoms with Crippen LogP contribution in [-0.2, 0) is 0 Å². The van der Waals surface area contributed by atoms with E-state index >= 15 is 0 Å². The highest BCUT2D eigenvalue weighted by Gasteiger charge is 2.22. The normalized spacial score (nSPS) is 14.6. The van der Waals surface area contributed by atoms with E-state index in [0.717, 1.165) is 37.4 Å². The van der Waals surface area contributed by atoms with Gasteiger partial charge in [-0.05, 0) is 56.2 Å². The van der Waals surface area contributed by atoms with Crippen LogP contribution in [0.25, 0.3) is 11.3 Å². The zero-order chi connectivity index (χ0) is 20.2. The number of hydrogen-bond donors (Lipinski definition) is 1. The predicted octanol–water partition coefficient (Wildman–Crippen LogP) is 3.38. The molecule has 6 nitrogen and oxygen atoms in total. The molecule has 3 aromatic rings. The first kappa shape index (κ1) is 19.0. The molecule has 2 aromatic heterocycles. The van der Waals surface area contributed by atoms with Crippen molar-refractivity contribution in [2.45, 2.75) is 25.8 Å². The highest BCUT2D eigenvalue weighted by Crippen LogP contribution is 2.21. The second-order valence-electron chi connectivity index (χ2n) is 7.21. The summed E-state index contributed by atoms with van der Waals surface area (Å²) < 4.78 is 13.4. The van der Waals surface area contributed by atoms with Crippen molar-refractivity contribution in [3.63, 3.8) is 0 Å². The van der Waals surface area contributed by atoms with Crippen LogP contribution in [0.1, 0.15) is 28.9 Å². The van der Waals surface area contributed by atoms with Crippen molar-refractivity contribution in [1.82, 2.24) is 20.5 Å². The molecule has 0 saturated carbocycles. The number of pyridine rings is 1. The van der Waals surface area contributed by atoms with Gasteiger partial charge >= 0.3 is 0 Å². The van der Waals surface area contributed by atoms with E-state index in [1.807, 2.05) is 31.2 Å². The van der Waals surface area contributed by atoms with Crippen molar-refractivity contribution < 1.29 is 9.18 Å². The second kappa shape index (κ2) is 8.34. The van der Waals surface area contributed by atoms with Crippen molar-refractivity contribution >= 4 is 11.7 Å². The van der Waals surface area contributed by atoms with Gasteiger partial charge in [0.25, 0.3) is 5.91 Å². The SMILES string of the molecule is Cc1ccc(C(=O)NC2CCN(c3ccc(-c4cccc(F)c4)nn3)CC2)cn1. The third kappa shape index (κ3) is 4.56. The number of anilines is 1. The summed E-state index contributed by atoms with van der Waals surface area (Å²) in [4.78, 5) is 18.7.